The fourth-order valence-electron chi connectivity index (χ4n) is 0.810. The van der Waals surface area contributed by atoms with Crippen LogP contribution in [-0.2, 0) is 9.84 Å². The number of H-pyrrole nitrogens is 1. The van der Waals surface area contributed by atoms with Gasteiger partial charge in [0.15, 0.2) is 0 Å². The van der Waals surface area contributed by atoms with Crippen molar-refractivity contribution >= 4 is 21.7 Å². The van der Waals surface area contributed by atoms with Gasteiger partial charge >= 0.3 is 0 Å². The van der Waals surface area contributed by atoms with Crippen molar-refractivity contribution in [2.75, 3.05) is 24.3 Å². The van der Waals surface area contributed by atoms with E-state index in [0.29, 0.717) is 0 Å². The Kier molecular flexibility index (Phi) is 3.24. The number of aromatic amines is 1. The summed E-state index contributed by atoms with van der Waals surface area (Å²) in [6, 6.07) is 0. The van der Waals surface area contributed by atoms with Crippen LogP contribution in [0.5, 0.6) is 0 Å². The molecule has 0 aliphatic carbocycles. The molecular formula is C6H11N5O3S. The molecule has 9 heteroatoms. The normalized spacial score (nSPS) is 11.3. The second kappa shape index (κ2) is 4.26. The lowest BCUT2D eigenvalue weighted by molar-refractivity contribution is 0.0946. The molecule has 0 unspecified atom stereocenters. The maximum Gasteiger partial charge on any atom is 0.288 e. The zero-order valence-corrected chi connectivity index (χ0v) is 8.84. The summed E-state index contributed by atoms with van der Waals surface area (Å²) >= 11 is 0. The molecule has 0 atom stereocenters. The fraction of sp³-hybridized carbons (Fsp3) is 0.500. The highest BCUT2D eigenvalue weighted by molar-refractivity contribution is 7.90. The molecule has 15 heavy (non-hydrogen) atoms. The van der Waals surface area contributed by atoms with Crippen LogP contribution in [0.2, 0.25) is 0 Å². The lowest BCUT2D eigenvalue weighted by Gasteiger charge is -2.00. The first-order valence-corrected chi connectivity index (χ1v) is 6.08. The molecule has 0 radical (unpaired) electrons. The minimum atomic E-state index is -3.08. The Labute approximate surface area is 86.2 Å². The summed E-state index contributed by atoms with van der Waals surface area (Å²) in [5.74, 6) is -0.741. The highest BCUT2D eigenvalue weighted by Gasteiger charge is 2.10. The Bertz CT molecular complexity index is 451. The van der Waals surface area contributed by atoms with Crippen molar-refractivity contribution in [1.29, 1.82) is 0 Å². The molecule has 0 aliphatic heterocycles. The molecular weight excluding hydrogens is 222 g/mol. The van der Waals surface area contributed by atoms with Crippen LogP contribution < -0.4 is 11.1 Å². The molecule has 0 saturated heterocycles. The van der Waals surface area contributed by atoms with Crippen LogP contribution in [0.25, 0.3) is 0 Å². The zero-order chi connectivity index (χ0) is 11.5. The molecule has 0 fully saturated rings. The number of aromatic nitrogens is 3. The van der Waals surface area contributed by atoms with Crippen LogP contribution >= 0.6 is 0 Å². The van der Waals surface area contributed by atoms with Gasteiger partial charge in [-0.15, -0.1) is 5.10 Å². The predicted octanol–water partition coefficient (Wildman–Crippen LogP) is -1.84. The van der Waals surface area contributed by atoms with Gasteiger partial charge in [-0.05, 0) is 0 Å². The van der Waals surface area contributed by atoms with Crippen LogP contribution in [0.1, 0.15) is 10.6 Å². The van der Waals surface area contributed by atoms with Gasteiger partial charge in [0.1, 0.15) is 9.84 Å². The highest BCUT2D eigenvalue weighted by atomic mass is 32.2. The van der Waals surface area contributed by atoms with E-state index in [0.717, 1.165) is 6.26 Å². The molecule has 0 aliphatic rings. The van der Waals surface area contributed by atoms with Gasteiger partial charge in [0.05, 0.1) is 5.75 Å². The van der Waals surface area contributed by atoms with Crippen molar-refractivity contribution in [3.63, 3.8) is 0 Å². The molecule has 1 aromatic heterocycles. The first-order valence-electron chi connectivity index (χ1n) is 4.02. The van der Waals surface area contributed by atoms with E-state index in [1.165, 1.54) is 0 Å². The number of hydrogen-bond donors (Lipinski definition) is 3. The van der Waals surface area contributed by atoms with Crippen molar-refractivity contribution in [3.8, 4) is 0 Å². The van der Waals surface area contributed by atoms with Gasteiger partial charge in [-0.2, -0.15) is 4.98 Å². The van der Waals surface area contributed by atoms with E-state index in [9.17, 15) is 13.2 Å². The number of carbonyl (C=O) groups is 1. The lowest BCUT2D eigenvalue weighted by atomic mass is 10.5. The first-order chi connectivity index (χ1) is 6.88. The molecule has 4 N–H and O–H groups in total. The van der Waals surface area contributed by atoms with E-state index < -0.39 is 15.7 Å². The van der Waals surface area contributed by atoms with E-state index in [1.807, 2.05) is 0 Å². The van der Waals surface area contributed by atoms with Gasteiger partial charge in [-0.25, -0.2) is 8.42 Å². The zero-order valence-electron chi connectivity index (χ0n) is 8.02. The maximum atomic E-state index is 11.2. The van der Waals surface area contributed by atoms with Gasteiger partial charge in [0, 0.05) is 12.8 Å². The number of nitrogens with one attached hydrogen (secondary N) is 2. The second-order valence-corrected chi connectivity index (χ2v) is 5.19. The van der Waals surface area contributed by atoms with Gasteiger partial charge in [-0.3, -0.25) is 9.89 Å². The van der Waals surface area contributed by atoms with Crippen molar-refractivity contribution in [1.82, 2.24) is 20.5 Å². The third-order valence-electron chi connectivity index (χ3n) is 1.48. The van der Waals surface area contributed by atoms with E-state index in [1.54, 1.807) is 0 Å². The lowest BCUT2D eigenvalue weighted by Crippen LogP contribution is -2.29. The van der Waals surface area contributed by atoms with Gasteiger partial charge < -0.3 is 11.1 Å². The highest BCUT2D eigenvalue weighted by Crippen LogP contribution is 1.92. The van der Waals surface area contributed by atoms with Gasteiger partial charge in [0.25, 0.3) is 5.91 Å². The number of hydrogen-bond acceptors (Lipinski definition) is 6. The summed E-state index contributed by atoms with van der Waals surface area (Å²) in [5.41, 5.74) is 5.18. The number of amides is 1. The topological polar surface area (TPSA) is 131 Å². The van der Waals surface area contributed by atoms with Crippen LogP contribution in [0.3, 0.4) is 0 Å². The largest absolute Gasteiger partial charge is 0.366 e. The Morgan fingerprint density at radius 1 is 1.60 bits per heavy atom. The van der Waals surface area contributed by atoms with Crippen molar-refractivity contribution in [3.05, 3.63) is 5.82 Å². The van der Waals surface area contributed by atoms with Gasteiger partial charge in [-0.1, -0.05) is 0 Å². The fourth-order valence-corrected chi connectivity index (χ4v) is 1.28. The summed E-state index contributed by atoms with van der Waals surface area (Å²) in [7, 11) is -3.08. The van der Waals surface area contributed by atoms with Crippen LogP contribution in [0, 0.1) is 0 Å². The quantitative estimate of drug-likeness (QED) is 0.560. The Morgan fingerprint density at radius 3 is 2.73 bits per heavy atom. The Hall–Kier alpha value is -1.64. The van der Waals surface area contributed by atoms with Gasteiger partial charge in [0.2, 0.25) is 11.8 Å². The Morgan fingerprint density at radius 2 is 2.27 bits per heavy atom. The SMILES string of the molecule is CS(=O)(=O)CCNC(=O)c1nc(N)n[nH]1. The molecule has 0 spiro atoms. The first kappa shape index (κ1) is 11.4. The second-order valence-electron chi connectivity index (χ2n) is 2.93. The minimum absolute atomic E-state index is 0.0261. The number of nitrogen functional groups attached to an aromatic ring is 1. The molecule has 84 valence electrons. The van der Waals surface area contributed by atoms with Crippen LogP contribution in [0.4, 0.5) is 5.95 Å². The van der Waals surface area contributed by atoms with E-state index in [2.05, 4.69) is 20.5 Å². The molecule has 0 aromatic carbocycles. The average Bonchev–Trinajstić information content (AvgIpc) is 2.49. The summed E-state index contributed by atoms with van der Waals surface area (Å²) in [4.78, 5) is 14.8. The van der Waals surface area contributed by atoms with Crippen molar-refractivity contribution in [2.45, 2.75) is 0 Å². The third-order valence-corrected chi connectivity index (χ3v) is 2.42. The summed E-state index contributed by atoms with van der Waals surface area (Å²) in [5, 5.41) is 8.12. The summed E-state index contributed by atoms with van der Waals surface area (Å²) in [6.07, 6.45) is 1.09. The molecule has 8 nitrogen and oxygen atoms in total. The minimum Gasteiger partial charge on any atom is -0.366 e. The molecule has 1 amide bonds. The van der Waals surface area contributed by atoms with E-state index in [-0.39, 0.29) is 24.1 Å². The summed E-state index contributed by atoms with van der Waals surface area (Å²) in [6.45, 7) is 0.0261. The van der Waals surface area contributed by atoms with E-state index in [4.69, 9.17) is 5.73 Å². The number of carbonyl (C=O) groups excluding carboxylic acids is 1. The van der Waals surface area contributed by atoms with Crippen molar-refractivity contribution in [2.24, 2.45) is 0 Å². The molecule has 1 aromatic rings. The van der Waals surface area contributed by atoms with Crippen molar-refractivity contribution < 1.29 is 13.2 Å². The molecule has 0 saturated carbocycles. The Balaban J connectivity index is 2.44. The monoisotopic (exact) mass is 233 g/mol. The third kappa shape index (κ3) is 3.94. The number of nitrogens with two attached hydrogens (primary N) is 1. The number of nitrogens with zero attached hydrogens (tertiary/aromatic N) is 2. The molecule has 1 rings (SSSR count). The maximum absolute atomic E-state index is 11.2. The molecule has 0 bridgehead atoms. The number of sulfone groups is 1. The number of anilines is 1. The smallest absolute Gasteiger partial charge is 0.288 e. The van der Waals surface area contributed by atoms with Crippen LogP contribution in [0.15, 0.2) is 0 Å². The van der Waals surface area contributed by atoms with Crippen LogP contribution in [-0.4, -0.2) is 48.1 Å². The van der Waals surface area contributed by atoms with E-state index >= 15 is 0 Å². The predicted molar refractivity (Wildman–Crippen MR) is 52.8 cm³/mol. The standard InChI is InChI=1S/C6H11N5O3S/c1-15(13,14)3-2-8-5(12)4-9-6(7)11-10-4/h2-3H2,1H3,(H,8,12)(H3,7,9,10,11). The number of rotatable bonds is 4. The average molecular weight is 233 g/mol. The summed E-state index contributed by atoms with van der Waals surface area (Å²) < 4.78 is 21.5. The molecule has 1 heterocycles.